The molecule has 0 aromatic heterocycles. The summed E-state index contributed by atoms with van der Waals surface area (Å²) in [5, 5.41) is 5.77. The average Bonchev–Trinajstić information content (AvgIpc) is 3.18. The van der Waals surface area contributed by atoms with Crippen LogP contribution in [-0.4, -0.2) is 62.7 Å². The van der Waals surface area contributed by atoms with E-state index >= 15 is 0 Å². The van der Waals surface area contributed by atoms with Crippen LogP contribution in [0.2, 0.25) is 0 Å². The minimum atomic E-state index is -0.516. The number of rotatable bonds is 7. The Kier molecular flexibility index (Phi) is 7.26. The lowest BCUT2D eigenvalue weighted by Crippen LogP contribution is -2.47. The molecule has 6 nitrogen and oxygen atoms in total. The third kappa shape index (κ3) is 5.30. The van der Waals surface area contributed by atoms with E-state index in [0.717, 1.165) is 68.6 Å². The van der Waals surface area contributed by atoms with Gasteiger partial charge in [0, 0.05) is 30.7 Å². The molecule has 1 aliphatic heterocycles. The molecule has 0 bridgehead atoms. The standard InChI is InChI=1S/C20H28BrN3O3/c21-17-5-3-4-16(14-17)20(6-1-2-7-20)19(26)23-15-18(25)22-8-9-24-10-12-27-13-11-24/h3-5,14H,1-2,6-13,15H2,(H,22,25)(H,23,26). The first kappa shape index (κ1) is 20.3. The molecule has 0 unspecified atom stereocenters. The van der Waals surface area contributed by atoms with Crippen LogP contribution in [0.3, 0.4) is 0 Å². The molecule has 1 aromatic rings. The predicted molar refractivity (Wildman–Crippen MR) is 108 cm³/mol. The molecule has 1 aliphatic carbocycles. The normalized spacial score (nSPS) is 19.6. The van der Waals surface area contributed by atoms with Crippen LogP contribution in [0.25, 0.3) is 0 Å². The van der Waals surface area contributed by atoms with Gasteiger partial charge in [0.05, 0.1) is 25.2 Å². The lowest BCUT2D eigenvalue weighted by molar-refractivity contribution is -0.129. The van der Waals surface area contributed by atoms with Crippen LogP contribution in [0.4, 0.5) is 0 Å². The first-order chi connectivity index (χ1) is 13.1. The SMILES string of the molecule is O=C(CNC(=O)C1(c2cccc(Br)c2)CCCC1)NCCN1CCOCC1. The van der Waals surface area contributed by atoms with Crippen LogP contribution in [0.15, 0.2) is 28.7 Å². The van der Waals surface area contributed by atoms with E-state index in [2.05, 4.69) is 31.5 Å². The fourth-order valence-electron chi connectivity index (χ4n) is 3.98. The molecule has 27 heavy (non-hydrogen) atoms. The van der Waals surface area contributed by atoms with Gasteiger partial charge in [0.15, 0.2) is 0 Å². The molecule has 2 fully saturated rings. The van der Waals surface area contributed by atoms with E-state index in [1.165, 1.54) is 0 Å². The Bertz CT molecular complexity index is 656. The van der Waals surface area contributed by atoms with Crippen molar-refractivity contribution in [3.8, 4) is 0 Å². The number of amides is 2. The smallest absolute Gasteiger partial charge is 0.239 e. The number of hydrogen-bond acceptors (Lipinski definition) is 4. The summed E-state index contributed by atoms with van der Waals surface area (Å²) in [5.74, 6) is -0.180. The van der Waals surface area contributed by atoms with Gasteiger partial charge in [-0.05, 0) is 30.5 Å². The number of morpholine rings is 1. The number of halogens is 1. The highest BCUT2D eigenvalue weighted by Gasteiger charge is 2.42. The van der Waals surface area contributed by atoms with Crippen molar-refractivity contribution >= 4 is 27.7 Å². The van der Waals surface area contributed by atoms with Crippen molar-refractivity contribution in [3.05, 3.63) is 34.3 Å². The van der Waals surface area contributed by atoms with E-state index in [4.69, 9.17) is 4.74 Å². The summed E-state index contributed by atoms with van der Waals surface area (Å²) in [7, 11) is 0. The summed E-state index contributed by atoms with van der Waals surface area (Å²) in [4.78, 5) is 27.4. The summed E-state index contributed by atoms with van der Waals surface area (Å²) in [6, 6.07) is 7.96. The van der Waals surface area contributed by atoms with E-state index in [9.17, 15) is 9.59 Å². The molecule has 148 valence electrons. The summed E-state index contributed by atoms with van der Waals surface area (Å²) < 4.78 is 6.29. The maximum Gasteiger partial charge on any atom is 0.239 e. The number of nitrogens with zero attached hydrogens (tertiary/aromatic N) is 1. The van der Waals surface area contributed by atoms with Crippen molar-refractivity contribution in [1.29, 1.82) is 0 Å². The third-order valence-corrected chi connectivity index (χ3v) is 6.03. The maximum atomic E-state index is 13.0. The summed E-state index contributed by atoms with van der Waals surface area (Å²) >= 11 is 3.50. The monoisotopic (exact) mass is 437 g/mol. The van der Waals surface area contributed by atoms with Crippen molar-refractivity contribution in [2.24, 2.45) is 0 Å². The van der Waals surface area contributed by atoms with Crippen LogP contribution >= 0.6 is 15.9 Å². The molecule has 1 aromatic carbocycles. The molecule has 1 saturated carbocycles. The Hall–Kier alpha value is -1.44. The topological polar surface area (TPSA) is 70.7 Å². The Balaban J connectivity index is 1.48. The van der Waals surface area contributed by atoms with E-state index < -0.39 is 5.41 Å². The van der Waals surface area contributed by atoms with Gasteiger partial charge in [-0.3, -0.25) is 14.5 Å². The number of carbonyl (C=O) groups excluding carboxylic acids is 2. The Morgan fingerprint density at radius 3 is 2.59 bits per heavy atom. The molecule has 7 heteroatoms. The zero-order valence-corrected chi connectivity index (χ0v) is 17.2. The lowest BCUT2D eigenvalue weighted by Gasteiger charge is -2.28. The lowest BCUT2D eigenvalue weighted by atomic mass is 9.78. The highest BCUT2D eigenvalue weighted by molar-refractivity contribution is 9.10. The first-order valence-corrected chi connectivity index (χ1v) is 10.5. The summed E-state index contributed by atoms with van der Waals surface area (Å²) in [6.07, 6.45) is 3.72. The van der Waals surface area contributed by atoms with Gasteiger partial charge < -0.3 is 15.4 Å². The van der Waals surface area contributed by atoms with Gasteiger partial charge in [-0.15, -0.1) is 0 Å². The van der Waals surface area contributed by atoms with Crippen molar-refractivity contribution < 1.29 is 14.3 Å². The zero-order chi connectivity index (χ0) is 19.1. The molecule has 2 amide bonds. The van der Waals surface area contributed by atoms with Gasteiger partial charge in [0.2, 0.25) is 11.8 Å². The molecular formula is C20H28BrN3O3. The Morgan fingerprint density at radius 2 is 1.89 bits per heavy atom. The van der Waals surface area contributed by atoms with Crippen molar-refractivity contribution in [2.45, 2.75) is 31.1 Å². The largest absolute Gasteiger partial charge is 0.379 e. The molecule has 0 radical (unpaired) electrons. The Labute approximate surface area is 169 Å². The summed E-state index contributed by atoms with van der Waals surface area (Å²) in [6.45, 7) is 4.74. The fourth-order valence-corrected chi connectivity index (χ4v) is 4.38. The van der Waals surface area contributed by atoms with Crippen LogP contribution in [0, 0.1) is 0 Å². The van der Waals surface area contributed by atoms with Crippen molar-refractivity contribution in [2.75, 3.05) is 45.9 Å². The van der Waals surface area contributed by atoms with Gasteiger partial charge in [0.25, 0.3) is 0 Å². The van der Waals surface area contributed by atoms with Gasteiger partial charge in [-0.1, -0.05) is 40.9 Å². The highest BCUT2D eigenvalue weighted by atomic mass is 79.9. The van der Waals surface area contributed by atoms with Crippen LogP contribution in [-0.2, 0) is 19.7 Å². The van der Waals surface area contributed by atoms with Gasteiger partial charge in [-0.25, -0.2) is 0 Å². The summed E-state index contributed by atoms with van der Waals surface area (Å²) in [5.41, 5.74) is 0.511. The molecule has 0 spiro atoms. The molecule has 1 saturated heterocycles. The molecule has 2 N–H and O–H groups in total. The zero-order valence-electron chi connectivity index (χ0n) is 15.6. The Morgan fingerprint density at radius 1 is 1.15 bits per heavy atom. The van der Waals surface area contributed by atoms with Gasteiger partial charge in [-0.2, -0.15) is 0 Å². The second kappa shape index (κ2) is 9.66. The predicted octanol–water partition coefficient (Wildman–Crippen LogP) is 1.83. The van der Waals surface area contributed by atoms with E-state index in [0.29, 0.717) is 6.54 Å². The second-order valence-electron chi connectivity index (χ2n) is 7.29. The molecule has 2 aliphatic rings. The highest BCUT2D eigenvalue weighted by Crippen LogP contribution is 2.42. The van der Waals surface area contributed by atoms with Crippen LogP contribution in [0.1, 0.15) is 31.2 Å². The van der Waals surface area contributed by atoms with E-state index in [1.54, 1.807) is 0 Å². The number of ether oxygens (including phenoxy) is 1. The van der Waals surface area contributed by atoms with E-state index in [-0.39, 0.29) is 18.4 Å². The second-order valence-corrected chi connectivity index (χ2v) is 8.20. The average molecular weight is 438 g/mol. The van der Waals surface area contributed by atoms with Gasteiger partial charge in [0.1, 0.15) is 0 Å². The van der Waals surface area contributed by atoms with Crippen molar-refractivity contribution in [1.82, 2.24) is 15.5 Å². The molecule has 3 rings (SSSR count). The van der Waals surface area contributed by atoms with Crippen LogP contribution in [0.5, 0.6) is 0 Å². The van der Waals surface area contributed by atoms with Gasteiger partial charge >= 0.3 is 0 Å². The van der Waals surface area contributed by atoms with Crippen LogP contribution < -0.4 is 10.6 Å². The molecule has 1 heterocycles. The van der Waals surface area contributed by atoms with Crippen molar-refractivity contribution in [3.63, 3.8) is 0 Å². The molecule has 0 atom stereocenters. The van der Waals surface area contributed by atoms with E-state index in [1.807, 2.05) is 24.3 Å². The number of hydrogen-bond donors (Lipinski definition) is 2. The molecular weight excluding hydrogens is 410 g/mol. The minimum Gasteiger partial charge on any atom is -0.379 e. The number of nitrogens with one attached hydrogen (secondary N) is 2. The number of carbonyl (C=O) groups is 2. The number of benzene rings is 1. The minimum absolute atomic E-state index is 0.0255. The maximum absolute atomic E-state index is 13.0. The fraction of sp³-hybridized carbons (Fsp3) is 0.600. The first-order valence-electron chi connectivity index (χ1n) is 9.71. The third-order valence-electron chi connectivity index (χ3n) is 5.53. The quantitative estimate of drug-likeness (QED) is 0.682.